The topological polar surface area (TPSA) is 70.2 Å². The smallest absolute Gasteiger partial charge is 0.264 e. The summed E-state index contributed by atoms with van der Waals surface area (Å²) in [6, 6.07) is 9.18. The van der Waals surface area contributed by atoms with Gasteiger partial charge in [-0.05, 0) is 36.4 Å². The molecule has 0 bridgehead atoms. The molecule has 8 heteroatoms. The van der Waals surface area contributed by atoms with Crippen molar-refractivity contribution in [3.63, 3.8) is 0 Å². The van der Waals surface area contributed by atoms with Crippen LogP contribution in [0.1, 0.15) is 43.2 Å². The highest BCUT2D eigenvalue weighted by molar-refractivity contribution is 7.12. The molecule has 0 aliphatic carbocycles. The van der Waals surface area contributed by atoms with E-state index in [0.29, 0.717) is 50.5 Å². The molecule has 0 radical (unpaired) electrons. The number of carbonyl (C=O) groups excluding carboxylic acids is 3. The van der Waals surface area contributed by atoms with Gasteiger partial charge in [-0.3, -0.25) is 19.3 Å². The molecule has 0 saturated carbocycles. The van der Waals surface area contributed by atoms with Gasteiger partial charge in [0.1, 0.15) is 0 Å². The lowest BCUT2D eigenvalue weighted by Gasteiger charge is -2.36. The van der Waals surface area contributed by atoms with Crippen LogP contribution in [0, 0.1) is 0 Å². The van der Waals surface area contributed by atoms with E-state index >= 15 is 0 Å². The summed E-state index contributed by atoms with van der Waals surface area (Å²) in [6.07, 6.45) is 1.77. The first-order chi connectivity index (χ1) is 14.6. The van der Waals surface area contributed by atoms with Crippen molar-refractivity contribution in [1.82, 2.24) is 9.80 Å². The fraction of sp³-hybridized carbons (Fsp3) is 0.409. The number of hydrogen-bond acceptors (Lipinski definition) is 6. The van der Waals surface area contributed by atoms with Crippen molar-refractivity contribution in [3.8, 4) is 0 Å². The van der Waals surface area contributed by atoms with Crippen LogP contribution in [0.15, 0.2) is 35.7 Å². The van der Waals surface area contributed by atoms with Gasteiger partial charge in [-0.1, -0.05) is 12.1 Å². The molecule has 0 spiro atoms. The van der Waals surface area contributed by atoms with Gasteiger partial charge in [0, 0.05) is 32.8 Å². The molecule has 5 rings (SSSR count). The number of anilines is 1. The standard InChI is InChI=1S/C22H23N3O4S/c26-20-16-5-1-6-17(19(16)22(28)25(20)14-15-4-2-12-29-15)23-8-10-24(11-9-23)21(27)18-7-3-13-30-18/h1,3,5-7,13,15H,2,4,8-12,14H2/t15-/m1/s1. The number of thiophene rings is 1. The molecule has 0 unspecified atom stereocenters. The molecule has 3 aliphatic heterocycles. The Balaban J connectivity index is 1.32. The number of hydrogen-bond donors (Lipinski definition) is 0. The van der Waals surface area contributed by atoms with Crippen molar-refractivity contribution in [2.45, 2.75) is 18.9 Å². The molecule has 2 saturated heterocycles. The van der Waals surface area contributed by atoms with E-state index in [4.69, 9.17) is 4.74 Å². The van der Waals surface area contributed by atoms with Gasteiger partial charge >= 0.3 is 0 Å². The Morgan fingerprint density at radius 3 is 2.60 bits per heavy atom. The monoisotopic (exact) mass is 425 g/mol. The van der Waals surface area contributed by atoms with Crippen LogP contribution in [0.3, 0.4) is 0 Å². The maximum atomic E-state index is 13.1. The number of fused-ring (bicyclic) bond motifs is 1. The molecule has 3 amide bonds. The predicted molar refractivity (Wildman–Crippen MR) is 113 cm³/mol. The van der Waals surface area contributed by atoms with Crippen LogP contribution >= 0.6 is 11.3 Å². The largest absolute Gasteiger partial charge is 0.376 e. The van der Waals surface area contributed by atoms with E-state index in [-0.39, 0.29) is 23.8 Å². The van der Waals surface area contributed by atoms with Gasteiger partial charge in [-0.15, -0.1) is 11.3 Å². The summed E-state index contributed by atoms with van der Waals surface area (Å²) < 4.78 is 5.63. The van der Waals surface area contributed by atoms with Gasteiger partial charge in [-0.2, -0.15) is 0 Å². The zero-order valence-electron chi connectivity index (χ0n) is 16.6. The van der Waals surface area contributed by atoms with Crippen LogP contribution in [0.4, 0.5) is 5.69 Å². The molecule has 3 aliphatic rings. The summed E-state index contributed by atoms with van der Waals surface area (Å²) >= 11 is 1.45. The molecule has 0 N–H and O–H groups in total. The fourth-order valence-electron chi connectivity index (χ4n) is 4.44. The SMILES string of the molecule is O=C(c1cccs1)N1CCN(c2cccc3c2C(=O)N(C[C@H]2CCCO2)C3=O)CC1. The van der Waals surface area contributed by atoms with Gasteiger partial charge in [0.15, 0.2) is 0 Å². The first kappa shape index (κ1) is 19.3. The van der Waals surface area contributed by atoms with E-state index < -0.39 is 0 Å². The highest BCUT2D eigenvalue weighted by atomic mass is 32.1. The summed E-state index contributed by atoms with van der Waals surface area (Å²) in [6.45, 7) is 3.42. The molecule has 156 valence electrons. The van der Waals surface area contributed by atoms with E-state index in [1.165, 1.54) is 16.2 Å². The second-order valence-electron chi connectivity index (χ2n) is 7.81. The summed E-state index contributed by atoms with van der Waals surface area (Å²) in [4.78, 5) is 44.7. The lowest BCUT2D eigenvalue weighted by molar-refractivity contribution is 0.0475. The summed E-state index contributed by atoms with van der Waals surface area (Å²) in [5.41, 5.74) is 1.73. The summed E-state index contributed by atoms with van der Waals surface area (Å²) in [5, 5.41) is 1.90. The fourth-order valence-corrected chi connectivity index (χ4v) is 5.13. The lowest BCUT2D eigenvalue weighted by Crippen LogP contribution is -2.49. The number of nitrogens with zero attached hydrogens (tertiary/aromatic N) is 3. The van der Waals surface area contributed by atoms with E-state index in [1.807, 2.05) is 34.5 Å². The van der Waals surface area contributed by atoms with Gasteiger partial charge in [-0.25, -0.2) is 0 Å². The Kier molecular flexibility index (Phi) is 5.04. The molecule has 1 atom stereocenters. The average molecular weight is 426 g/mol. The third-order valence-electron chi connectivity index (χ3n) is 6.03. The van der Waals surface area contributed by atoms with Gasteiger partial charge in [0.25, 0.3) is 17.7 Å². The van der Waals surface area contributed by atoms with Crippen molar-refractivity contribution in [2.75, 3.05) is 44.2 Å². The van der Waals surface area contributed by atoms with Crippen molar-refractivity contribution < 1.29 is 19.1 Å². The molecule has 1 aromatic heterocycles. The molecule has 4 heterocycles. The average Bonchev–Trinajstić information content (AvgIpc) is 3.53. The quantitative estimate of drug-likeness (QED) is 0.704. The number of ether oxygens (including phenoxy) is 1. The minimum atomic E-state index is -0.238. The molecule has 2 aromatic rings. The summed E-state index contributed by atoms with van der Waals surface area (Å²) in [7, 11) is 0. The Bertz CT molecular complexity index is 976. The van der Waals surface area contributed by atoms with Crippen molar-refractivity contribution in [2.24, 2.45) is 0 Å². The Labute approximate surface area is 178 Å². The Morgan fingerprint density at radius 1 is 1.07 bits per heavy atom. The highest BCUT2D eigenvalue weighted by Crippen LogP contribution is 2.33. The summed E-state index contributed by atoms with van der Waals surface area (Å²) in [5.74, 6) is -0.422. The zero-order valence-corrected chi connectivity index (χ0v) is 17.4. The molecule has 7 nitrogen and oxygen atoms in total. The Hall–Kier alpha value is -2.71. The van der Waals surface area contributed by atoms with Crippen LogP contribution in [0.2, 0.25) is 0 Å². The van der Waals surface area contributed by atoms with Gasteiger partial charge in [0.2, 0.25) is 0 Å². The van der Waals surface area contributed by atoms with Crippen LogP contribution in [0.25, 0.3) is 0 Å². The van der Waals surface area contributed by atoms with E-state index in [9.17, 15) is 14.4 Å². The zero-order chi connectivity index (χ0) is 20.7. The van der Waals surface area contributed by atoms with Gasteiger partial charge in [0.05, 0.1) is 34.3 Å². The third-order valence-corrected chi connectivity index (χ3v) is 6.88. The first-order valence-corrected chi connectivity index (χ1v) is 11.2. The lowest BCUT2D eigenvalue weighted by atomic mass is 10.1. The van der Waals surface area contributed by atoms with Crippen LogP contribution in [-0.4, -0.2) is 73.0 Å². The van der Waals surface area contributed by atoms with E-state index in [0.717, 1.165) is 23.4 Å². The maximum Gasteiger partial charge on any atom is 0.264 e. The molecule has 30 heavy (non-hydrogen) atoms. The first-order valence-electron chi connectivity index (χ1n) is 10.3. The molecule has 1 aromatic carbocycles. The molecule has 2 fully saturated rings. The van der Waals surface area contributed by atoms with E-state index in [2.05, 4.69) is 4.90 Å². The minimum absolute atomic E-state index is 0.0527. The van der Waals surface area contributed by atoms with Crippen molar-refractivity contribution >= 4 is 34.7 Å². The number of amides is 3. The van der Waals surface area contributed by atoms with Crippen molar-refractivity contribution in [3.05, 3.63) is 51.7 Å². The molecular formula is C22H23N3O4S. The normalized spacial score (nSPS) is 21.5. The second kappa shape index (κ2) is 7.85. The number of piperazine rings is 1. The van der Waals surface area contributed by atoms with Crippen molar-refractivity contribution in [1.29, 1.82) is 0 Å². The van der Waals surface area contributed by atoms with Crippen LogP contribution < -0.4 is 4.90 Å². The predicted octanol–water partition coefficient (Wildman–Crippen LogP) is 2.49. The third kappa shape index (κ3) is 3.30. The number of carbonyl (C=O) groups is 3. The number of imide groups is 1. The number of rotatable bonds is 4. The Morgan fingerprint density at radius 2 is 1.90 bits per heavy atom. The van der Waals surface area contributed by atoms with Crippen LogP contribution in [0.5, 0.6) is 0 Å². The minimum Gasteiger partial charge on any atom is -0.376 e. The van der Waals surface area contributed by atoms with Gasteiger partial charge < -0.3 is 14.5 Å². The number of benzene rings is 1. The van der Waals surface area contributed by atoms with Crippen LogP contribution in [-0.2, 0) is 4.74 Å². The second-order valence-corrected chi connectivity index (χ2v) is 8.76. The molecular weight excluding hydrogens is 402 g/mol. The highest BCUT2D eigenvalue weighted by Gasteiger charge is 2.40. The maximum absolute atomic E-state index is 13.1. The van der Waals surface area contributed by atoms with E-state index in [1.54, 1.807) is 6.07 Å².